The molecule has 2 atom stereocenters. The van der Waals surface area contributed by atoms with Gasteiger partial charge in [0.25, 0.3) is 0 Å². The molecule has 0 N–H and O–H groups in total. The Morgan fingerprint density at radius 1 is 1.30 bits per heavy atom. The Morgan fingerprint density at radius 3 is 2.65 bits per heavy atom. The Balaban J connectivity index is 1.89. The van der Waals surface area contributed by atoms with Crippen LogP contribution in [0.1, 0.15) is 54.9 Å². The Labute approximate surface area is 120 Å². The van der Waals surface area contributed by atoms with Gasteiger partial charge >= 0.3 is 0 Å². The SMILES string of the molecule is CCC1CCCCC1OCC(=O)c1ccc(C#N)cc1. The third-order valence-corrected chi connectivity index (χ3v) is 4.13. The van der Waals surface area contributed by atoms with Crippen molar-refractivity contribution in [1.82, 2.24) is 0 Å². The van der Waals surface area contributed by atoms with Gasteiger partial charge in [0.1, 0.15) is 6.61 Å². The van der Waals surface area contributed by atoms with E-state index in [1.54, 1.807) is 24.3 Å². The number of benzene rings is 1. The lowest BCUT2D eigenvalue weighted by atomic mass is 9.85. The van der Waals surface area contributed by atoms with Crippen molar-refractivity contribution in [2.75, 3.05) is 6.61 Å². The van der Waals surface area contributed by atoms with Crippen LogP contribution >= 0.6 is 0 Å². The molecule has 1 aliphatic carbocycles. The number of hydrogen-bond acceptors (Lipinski definition) is 3. The smallest absolute Gasteiger partial charge is 0.188 e. The molecule has 0 aliphatic heterocycles. The molecular formula is C17H21NO2. The Bertz CT molecular complexity index is 487. The zero-order chi connectivity index (χ0) is 14.4. The highest BCUT2D eigenvalue weighted by atomic mass is 16.5. The molecule has 1 aromatic rings. The normalized spacial score (nSPS) is 22.2. The summed E-state index contributed by atoms with van der Waals surface area (Å²) in [5, 5.41) is 8.74. The van der Waals surface area contributed by atoms with Crippen LogP contribution in [0.5, 0.6) is 0 Å². The van der Waals surface area contributed by atoms with E-state index in [0.717, 1.165) is 12.8 Å². The Hall–Kier alpha value is -1.66. The van der Waals surface area contributed by atoms with E-state index >= 15 is 0 Å². The largest absolute Gasteiger partial charge is 0.370 e. The fourth-order valence-corrected chi connectivity index (χ4v) is 2.86. The zero-order valence-corrected chi connectivity index (χ0v) is 12.0. The molecule has 1 fully saturated rings. The number of nitriles is 1. The van der Waals surface area contributed by atoms with Crippen LogP contribution in [0, 0.1) is 17.2 Å². The Morgan fingerprint density at radius 2 is 2.00 bits per heavy atom. The van der Waals surface area contributed by atoms with E-state index in [1.807, 2.05) is 6.07 Å². The van der Waals surface area contributed by atoms with E-state index in [1.165, 1.54) is 19.3 Å². The number of nitrogens with zero attached hydrogens (tertiary/aromatic N) is 1. The van der Waals surface area contributed by atoms with Gasteiger partial charge in [-0.2, -0.15) is 5.26 Å². The van der Waals surface area contributed by atoms with Crippen molar-refractivity contribution in [2.24, 2.45) is 5.92 Å². The molecule has 0 aromatic heterocycles. The van der Waals surface area contributed by atoms with Gasteiger partial charge in [0.2, 0.25) is 0 Å². The molecule has 3 nitrogen and oxygen atoms in total. The summed E-state index contributed by atoms with van der Waals surface area (Å²) in [5.41, 5.74) is 1.19. The molecule has 0 bridgehead atoms. The average molecular weight is 271 g/mol. The van der Waals surface area contributed by atoms with Gasteiger partial charge in [0, 0.05) is 5.56 Å². The van der Waals surface area contributed by atoms with Crippen molar-refractivity contribution in [3.8, 4) is 6.07 Å². The molecule has 3 heteroatoms. The van der Waals surface area contributed by atoms with E-state index < -0.39 is 0 Å². The second-order valence-corrected chi connectivity index (χ2v) is 5.41. The number of rotatable bonds is 5. The topological polar surface area (TPSA) is 50.1 Å². The highest BCUT2D eigenvalue weighted by Crippen LogP contribution is 2.29. The van der Waals surface area contributed by atoms with Crippen LogP contribution < -0.4 is 0 Å². The lowest BCUT2D eigenvalue weighted by molar-refractivity contribution is -0.00570. The molecule has 2 unspecified atom stereocenters. The fourth-order valence-electron chi connectivity index (χ4n) is 2.86. The molecule has 106 valence electrons. The van der Waals surface area contributed by atoms with Gasteiger partial charge in [-0.15, -0.1) is 0 Å². The Kier molecular flexibility index (Phi) is 5.31. The minimum absolute atomic E-state index is 0.00471. The molecular weight excluding hydrogens is 250 g/mol. The summed E-state index contributed by atoms with van der Waals surface area (Å²) in [7, 11) is 0. The van der Waals surface area contributed by atoms with E-state index in [-0.39, 0.29) is 18.5 Å². The standard InChI is InChI=1S/C17H21NO2/c1-2-14-5-3-4-6-17(14)20-12-16(19)15-9-7-13(11-18)8-10-15/h7-10,14,17H,2-6,12H2,1H3. The quantitative estimate of drug-likeness (QED) is 0.767. The summed E-state index contributed by atoms with van der Waals surface area (Å²) in [4.78, 5) is 12.1. The molecule has 0 spiro atoms. The van der Waals surface area contributed by atoms with Crippen molar-refractivity contribution >= 4 is 5.78 Å². The molecule has 0 radical (unpaired) electrons. The van der Waals surface area contributed by atoms with E-state index in [0.29, 0.717) is 17.0 Å². The summed E-state index contributed by atoms with van der Waals surface area (Å²) >= 11 is 0. The lowest BCUT2D eigenvalue weighted by Gasteiger charge is -2.30. The average Bonchev–Trinajstić information content (AvgIpc) is 2.53. The van der Waals surface area contributed by atoms with Crippen LogP contribution in [0.25, 0.3) is 0 Å². The molecule has 0 saturated heterocycles. The van der Waals surface area contributed by atoms with E-state index in [4.69, 9.17) is 10.00 Å². The van der Waals surface area contributed by atoms with Crippen molar-refractivity contribution in [3.05, 3.63) is 35.4 Å². The maximum Gasteiger partial charge on any atom is 0.188 e. The number of carbonyl (C=O) groups is 1. The van der Waals surface area contributed by atoms with Crippen molar-refractivity contribution < 1.29 is 9.53 Å². The van der Waals surface area contributed by atoms with Crippen LogP contribution in [0.3, 0.4) is 0 Å². The monoisotopic (exact) mass is 271 g/mol. The number of carbonyl (C=O) groups excluding carboxylic acids is 1. The van der Waals surface area contributed by atoms with Crippen molar-refractivity contribution in [1.29, 1.82) is 5.26 Å². The van der Waals surface area contributed by atoms with Gasteiger partial charge < -0.3 is 4.74 Å². The number of hydrogen-bond donors (Lipinski definition) is 0. The highest BCUT2D eigenvalue weighted by Gasteiger charge is 2.24. The lowest BCUT2D eigenvalue weighted by Crippen LogP contribution is -2.29. The van der Waals surface area contributed by atoms with Gasteiger partial charge in [-0.3, -0.25) is 4.79 Å². The third-order valence-electron chi connectivity index (χ3n) is 4.13. The summed E-state index contributed by atoms with van der Waals surface area (Å²) < 4.78 is 5.84. The minimum Gasteiger partial charge on any atom is -0.370 e. The maximum atomic E-state index is 12.1. The predicted octanol–water partition coefficient (Wildman–Crippen LogP) is 3.73. The zero-order valence-electron chi connectivity index (χ0n) is 12.0. The second-order valence-electron chi connectivity index (χ2n) is 5.41. The first-order valence-electron chi connectivity index (χ1n) is 7.39. The van der Waals surface area contributed by atoms with Crippen molar-refractivity contribution in [3.63, 3.8) is 0 Å². The molecule has 2 rings (SSSR count). The third kappa shape index (κ3) is 3.68. The number of ether oxygens (including phenoxy) is 1. The highest BCUT2D eigenvalue weighted by molar-refractivity contribution is 5.97. The van der Waals surface area contributed by atoms with Crippen LogP contribution in [0.15, 0.2) is 24.3 Å². The summed E-state index contributed by atoms with van der Waals surface area (Å²) in [6.45, 7) is 2.34. The minimum atomic E-state index is -0.00471. The molecule has 1 aliphatic rings. The molecule has 1 saturated carbocycles. The molecule has 20 heavy (non-hydrogen) atoms. The van der Waals surface area contributed by atoms with Crippen LogP contribution in [-0.4, -0.2) is 18.5 Å². The predicted molar refractivity (Wildman–Crippen MR) is 77.5 cm³/mol. The van der Waals surface area contributed by atoms with Crippen molar-refractivity contribution in [2.45, 2.75) is 45.1 Å². The fraction of sp³-hybridized carbons (Fsp3) is 0.529. The van der Waals surface area contributed by atoms with Gasteiger partial charge in [-0.05, 0) is 30.9 Å². The van der Waals surface area contributed by atoms with Crippen LogP contribution in [0.2, 0.25) is 0 Å². The van der Waals surface area contributed by atoms with Gasteiger partial charge in [-0.25, -0.2) is 0 Å². The van der Waals surface area contributed by atoms with Gasteiger partial charge in [-0.1, -0.05) is 38.3 Å². The first-order valence-corrected chi connectivity index (χ1v) is 7.39. The van der Waals surface area contributed by atoms with E-state index in [9.17, 15) is 4.79 Å². The summed E-state index contributed by atoms with van der Waals surface area (Å²) in [6.07, 6.45) is 6.12. The van der Waals surface area contributed by atoms with E-state index in [2.05, 4.69) is 6.92 Å². The summed E-state index contributed by atoms with van der Waals surface area (Å²) in [5.74, 6) is 0.590. The number of Topliss-reactive ketones (excluding diaryl/α,β-unsaturated/α-hetero) is 1. The van der Waals surface area contributed by atoms with Gasteiger partial charge in [0.05, 0.1) is 17.7 Å². The molecule has 1 aromatic carbocycles. The maximum absolute atomic E-state index is 12.1. The molecule has 0 heterocycles. The first kappa shape index (κ1) is 14.7. The van der Waals surface area contributed by atoms with Gasteiger partial charge in [0.15, 0.2) is 5.78 Å². The molecule has 0 amide bonds. The summed E-state index contributed by atoms with van der Waals surface area (Å²) in [6, 6.07) is 8.78. The van der Waals surface area contributed by atoms with Crippen LogP contribution in [-0.2, 0) is 4.74 Å². The first-order chi connectivity index (χ1) is 9.74. The second kappa shape index (κ2) is 7.21. The number of ketones is 1. The van der Waals surface area contributed by atoms with Crippen LogP contribution in [0.4, 0.5) is 0 Å².